The first kappa shape index (κ1) is 7.25. The maximum absolute atomic E-state index is 10.2. The van der Waals surface area contributed by atoms with Crippen molar-refractivity contribution in [2.45, 2.75) is 18.6 Å². The third-order valence-corrected chi connectivity index (χ3v) is 2.29. The van der Waals surface area contributed by atoms with Gasteiger partial charge < -0.3 is 0 Å². The Morgan fingerprint density at radius 2 is 2.43 bits per heavy atom. The van der Waals surface area contributed by atoms with Crippen LogP contribution in [0.5, 0.6) is 0 Å². The van der Waals surface area contributed by atoms with Crippen molar-refractivity contribution in [3.05, 3.63) is 0 Å². The van der Waals surface area contributed by atoms with E-state index < -0.39 is 0 Å². The van der Waals surface area contributed by atoms with Crippen molar-refractivity contribution in [2.24, 2.45) is 0 Å². The zero-order valence-electron chi connectivity index (χ0n) is 4.69. The quantitative estimate of drug-likeness (QED) is 0.511. The van der Waals surface area contributed by atoms with Gasteiger partial charge in [0.2, 0.25) is 0 Å². The van der Waals surface area contributed by atoms with Crippen LogP contribution in [0.3, 0.4) is 0 Å². The summed E-state index contributed by atoms with van der Waals surface area (Å²) in [5.74, 6) is 0.332. The molecule has 39 valence electrons. The summed E-state index contributed by atoms with van der Waals surface area (Å²) in [7, 11) is 0. The molecule has 0 heterocycles. The molecule has 0 saturated heterocycles. The fourth-order valence-corrected chi connectivity index (χ4v) is 1.01. The summed E-state index contributed by atoms with van der Waals surface area (Å²) >= 11 is 0.00231. The Morgan fingerprint density at radius 3 is 2.57 bits per heavy atom. The van der Waals surface area contributed by atoms with Gasteiger partial charge in [-0.3, -0.25) is 0 Å². The summed E-state index contributed by atoms with van der Waals surface area (Å²) < 4.78 is 2.96. The van der Waals surface area contributed by atoms with Crippen LogP contribution in [-0.2, 0) is 23.5 Å². The van der Waals surface area contributed by atoms with Crippen molar-refractivity contribution in [2.75, 3.05) is 0 Å². The summed E-state index contributed by atoms with van der Waals surface area (Å²) in [6.45, 7) is 3.66. The second-order valence-electron chi connectivity index (χ2n) is 1.37. The first-order valence-corrected chi connectivity index (χ1v) is 4.28. The van der Waals surface area contributed by atoms with Gasteiger partial charge in [0, 0.05) is 0 Å². The Balaban J connectivity index is 3.14. The SMILES string of the molecule is C[CH]=[Ti][CH2]C(C)=O. The summed E-state index contributed by atoms with van der Waals surface area (Å²) in [4.78, 5) is 10.2. The molecule has 2 heteroatoms. The second-order valence-corrected chi connectivity index (χ2v) is 3.46. The molecule has 7 heavy (non-hydrogen) atoms. The monoisotopic (exact) mass is 133 g/mol. The molecule has 0 aliphatic carbocycles. The summed E-state index contributed by atoms with van der Waals surface area (Å²) in [5, 5.41) is 0. The molecule has 0 saturated carbocycles. The number of Topliss-reactive ketones (excluding diaryl/α,β-unsaturated/α-hetero) is 1. The topological polar surface area (TPSA) is 17.1 Å². The number of hydrogen-bond acceptors (Lipinski definition) is 1. The predicted octanol–water partition coefficient (Wildman–Crippen LogP) is 0.898. The molecule has 1 nitrogen and oxygen atoms in total. The molecule has 0 amide bonds. The Morgan fingerprint density at radius 1 is 1.86 bits per heavy atom. The molecule has 0 atom stereocenters. The summed E-state index contributed by atoms with van der Waals surface area (Å²) in [6, 6.07) is 0. The fraction of sp³-hybridized carbons (Fsp3) is 0.600. The van der Waals surface area contributed by atoms with Crippen molar-refractivity contribution >= 4 is 10.1 Å². The number of carbonyl (C=O) groups excluding carboxylic acids is 1. The number of ketones is 1. The van der Waals surface area contributed by atoms with Gasteiger partial charge >= 0.3 is 52.2 Å². The minimum absolute atomic E-state index is 0.00231. The van der Waals surface area contributed by atoms with E-state index in [1.54, 1.807) is 6.92 Å². The van der Waals surface area contributed by atoms with Gasteiger partial charge in [0.05, 0.1) is 0 Å². The molecule has 0 fully saturated rings. The third-order valence-electron chi connectivity index (χ3n) is 0.555. The van der Waals surface area contributed by atoms with E-state index in [1.807, 2.05) is 6.92 Å². The molecule has 0 spiro atoms. The van der Waals surface area contributed by atoms with Crippen LogP contribution in [0.4, 0.5) is 0 Å². The molecule has 0 rings (SSSR count). The van der Waals surface area contributed by atoms with E-state index in [2.05, 4.69) is 4.31 Å². The molecular weight excluding hydrogens is 124 g/mol. The maximum atomic E-state index is 10.2. The zero-order chi connectivity index (χ0) is 5.70. The summed E-state index contributed by atoms with van der Waals surface area (Å²) in [5.41, 5.74) is 0. The molecule has 0 aromatic carbocycles. The van der Waals surface area contributed by atoms with Crippen molar-refractivity contribution in [3.8, 4) is 0 Å². The second kappa shape index (κ2) is 4.41. The number of rotatable bonds is 2. The van der Waals surface area contributed by atoms with Crippen LogP contribution in [0, 0.1) is 0 Å². The molecule has 0 aromatic heterocycles. The molecule has 0 N–H and O–H groups in total. The van der Waals surface area contributed by atoms with Crippen molar-refractivity contribution in [3.63, 3.8) is 0 Å². The van der Waals surface area contributed by atoms with Gasteiger partial charge in [-0.15, -0.1) is 0 Å². The van der Waals surface area contributed by atoms with E-state index in [4.69, 9.17) is 0 Å². The number of hydrogen-bond donors (Lipinski definition) is 0. The summed E-state index contributed by atoms with van der Waals surface area (Å²) in [6.07, 6.45) is 0. The van der Waals surface area contributed by atoms with Crippen molar-refractivity contribution < 1.29 is 23.5 Å². The Bertz CT molecular complexity index is 86.1. The van der Waals surface area contributed by atoms with Gasteiger partial charge in [-0.2, -0.15) is 0 Å². The Hall–Kier alpha value is 0.254. The van der Waals surface area contributed by atoms with Gasteiger partial charge in [0.15, 0.2) is 0 Å². The van der Waals surface area contributed by atoms with Gasteiger partial charge in [-0.05, 0) is 0 Å². The van der Waals surface area contributed by atoms with E-state index in [0.29, 0.717) is 5.78 Å². The number of carbonyl (C=O) groups is 1. The van der Waals surface area contributed by atoms with Crippen LogP contribution in [-0.4, -0.2) is 10.1 Å². The van der Waals surface area contributed by atoms with Crippen LogP contribution in [0.1, 0.15) is 13.8 Å². The first-order chi connectivity index (χ1) is 3.27. The zero-order valence-corrected chi connectivity index (χ0v) is 6.25. The van der Waals surface area contributed by atoms with Crippen molar-refractivity contribution in [1.82, 2.24) is 0 Å². The normalized spacial score (nSPS) is 8.86. The van der Waals surface area contributed by atoms with Crippen LogP contribution in [0.2, 0.25) is 4.73 Å². The van der Waals surface area contributed by atoms with Crippen molar-refractivity contribution in [1.29, 1.82) is 0 Å². The third kappa shape index (κ3) is 6.25. The minimum atomic E-state index is 0.00231. The van der Waals surface area contributed by atoms with Gasteiger partial charge in [-0.25, -0.2) is 0 Å². The average molecular weight is 133 g/mol. The van der Waals surface area contributed by atoms with E-state index in [9.17, 15) is 4.79 Å². The fourth-order valence-electron chi connectivity index (χ4n) is 0.246. The van der Waals surface area contributed by atoms with Crippen LogP contribution in [0.25, 0.3) is 0 Å². The van der Waals surface area contributed by atoms with E-state index >= 15 is 0 Å². The molecule has 0 radical (unpaired) electrons. The molecule has 0 aromatic rings. The molecular formula is C5H9OTi. The Labute approximate surface area is 52.5 Å². The molecule has 0 unspecified atom stereocenters. The predicted molar refractivity (Wildman–Crippen MR) is 27.2 cm³/mol. The Kier molecular flexibility index (Phi) is 4.57. The average Bonchev–Trinajstić information content (AvgIpc) is 1.61. The van der Waals surface area contributed by atoms with Crippen LogP contribution in [0.15, 0.2) is 0 Å². The van der Waals surface area contributed by atoms with Gasteiger partial charge in [0.25, 0.3) is 0 Å². The molecule has 0 aliphatic heterocycles. The van der Waals surface area contributed by atoms with E-state index in [-0.39, 0.29) is 18.7 Å². The van der Waals surface area contributed by atoms with Gasteiger partial charge in [0.1, 0.15) is 0 Å². The first-order valence-electron chi connectivity index (χ1n) is 2.28. The van der Waals surface area contributed by atoms with E-state index in [0.717, 1.165) is 4.73 Å². The van der Waals surface area contributed by atoms with Gasteiger partial charge in [-0.1, -0.05) is 0 Å². The van der Waals surface area contributed by atoms with E-state index in [1.165, 1.54) is 0 Å². The van der Waals surface area contributed by atoms with Crippen LogP contribution < -0.4 is 0 Å². The standard InChI is InChI=1S/C3H5O.C2H4.Ti/c1-3(2)4;1-2;/h1H2,2H3;1H,2H3;. The molecule has 0 bridgehead atoms. The molecule has 0 aliphatic rings. The van der Waals surface area contributed by atoms with Crippen LogP contribution >= 0.6 is 0 Å².